The Hall–Kier alpha value is -1.05. The molecular formula is C14H24O2. The molecule has 0 heterocycles. The monoisotopic (exact) mass is 224 g/mol. The van der Waals surface area contributed by atoms with E-state index in [-0.39, 0.29) is 5.97 Å². The van der Waals surface area contributed by atoms with Crippen LogP contribution in [0.5, 0.6) is 0 Å². The van der Waals surface area contributed by atoms with E-state index >= 15 is 0 Å². The fourth-order valence-electron chi connectivity index (χ4n) is 1.29. The lowest BCUT2D eigenvalue weighted by atomic mass is 10.2. The van der Waals surface area contributed by atoms with Gasteiger partial charge in [-0.25, -0.2) is 0 Å². The van der Waals surface area contributed by atoms with Crippen molar-refractivity contribution in [3.05, 3.63) is 24.3 Å². The second-order valence-corrected chi connectivity index (χ2v) is 3.76. The van der Waals surface area contributed by atoms with Crippen molar-refractivity contribution in [2.75, 3.05) is 6.61 Å². The van der Waals surface area contributed by atoms with E-state index in [2.05, 4.69) is 31.2 Å². The van der Waals surface area contributed by atoms with Crippen molar-refractivity contribution in [3.8, 4) is 0 Å². The first-order valence-corrected chi connectivity index (χ1v) is 6.20. The molecule has 92 valence electrons. The Morgan fingerprint density at radius 3 is 2.25 bits per heavy atom. The van der Waals surface area contributed by atoms with Gasteiger partial charge in [-0.3, -0.25) is 4.79 Å². The Bertz CT molecular complexity index is 217. The van der Waals surface area contributed by atoms with E-state index in [4.69, 9.17) is 4.74 Å². The Balaban J connectivity index is 3.15. The summed E-state index contributed by atoms with van der Waals surface area (Å²) in [6, 6.07) is 0. The summed E-state index contributed by atoms with van der Waals surface area (Å²) >= 11 is 0. The third-order valence-electron chi connectivity index (χ3n) is 2.14. The molecule has 0 N–H and O–H groups in total. The maximum Gasteiger partial charge on any atom is 0.302 e. The molecular weight excluding hydrogens is 200 g/mol. The van der Waals surface area contributed by atoms with Gasteiger partial charge in [0.05, 0.1) is 6.61 Å². The zero-order valence-corrected chi connectivity index (χ0v) is 10.6. The topological polar surface area (TPSA) is 26.3 Å². The van der Waals surface area contributed by atoms with Crippen LogP contribution in [0.4, 0.5) is 0 Å². The molecule has 16 heavy (non-hydrogen) atoms. The summed E-state index contributed by atoms with van der Waals surface area (Å²) < 4.78 is 4.84. The van der Waals surface area contributed by atoms with Gasteiger partial charge in [0, 0.05) is 6.92 Å². The number of hydrogen-bond acceptors (Lipinski definition) is 2. The average Bonchev–Trinajstić information content (AvgIpc) is 2.25. The summed E-state index contributed by atoms with van der Waals surface area (Å²) in [5, 5.41) is 0. The summed E-state index contributed by atoms with van der Waals surface area (Å²) in [7, 11) is 0. The fourth-order valence-corrected chi connectivity index (χ4v) is 1.29. The van der Waals surface area contributed by atoms with Gasteiger partial charge in [-0.2, -0.15) is 0 Å². The highest BCUT2D eigenvalue weighted by Gasteiger charge is 1.91. The predicted octanol–water partition coefficient (Wildman–Crippen LogP) is 4.02. The summed E-state index contributed by atoms with van der Waals surface area (Å²) in [5.74, 6) is -0.182. The fraction of sp³-hybridized carbons (Fsp3) is 0.643. The molecule has 0 aliphatic rings. The van der Waals surface area contributed by atoms with Crippen molar-refractivity contribution in [2.45, 2.75) is 52.4 Å². The van der Waals surface area contributed by atoms with Crippen LogP contribution < -0.4 is 0 Å². The molecule has 0 aromatic rings. The summed E-state index contributed by atoms with van der Waals surface area (Å²) in [6.07, 6.45) is 15.4. The van der Waals surface area contributed by atoms with E-state index in [0.717, 1.165) is 38.5 Å². The first-order valence-electron chi connectivity index (χ1n) is 6.20. The maximum atomic E-state index is 10.5. The number of unbranched alkanes of at least 4 members (excludes halogenated alkanes) is 3. The molecule has 0 fully saturated rings. The lowest BCUT2D eigenvalue weighted by Gasteiger charge is -1.99. The normalized spacial score (nSPS) is 11.4. The molecule has 0 bridgehead atoms. The van der Waals surface area contributed by atoms with Gasteiger partial charge < -0.3 is 4.74 Å². The van der Waals surface area contributed by atoms with Crippen LogP contribution in [0.3, 0.4) is 0 Å². The molecule has 0 amide bonds. The van der Waals surface area contributed by atoms with Crippen LogP contribution in [0.15, 0.2) is 24.3 Å². The SMILES string of the molecule is CCC=CCCC=CCCCCOC(C)=O. The molecule has 0 unspecified atom stereocenters. The average molecular weight is 224 g/mol. The van der Waals surface area contributed by atoms with Crippen LogP contribution >= 0.6 is 0 Å². The number of allylic oxidation sites excluding steroid dienone is 4. The van der Waals surface area contributed by atoms with E-state index in [1.165, 1.54) is 6.92 Å². The number of esters is 1. The summed E-state index contributed by atoms with van der Waals surface area (Å²) in [5.41, 5.74) is 0. The highest BCUT2D eigenvalue weighted by atomic mass is 16.5. The van der Waals surface area contributed by atoms with E-state index in [1.54, 1.807) is 0 Å². The quantitative estimate of drug-likeness (QED) is 0.336. The van der Waals surface area contributed by atoms with E-state index in [9.17, 15) is 4.79 Å². The van der Waals surface area contributed by atoms with Crippen molar-refractivity contribution in [2.24, 2.45) is 0 Å². The third kappa shape index (κ3) is 12.9. The number of carbonyl (C=O) groups is 1. The number of rotatable bonds is 9. The van der Waals surface area contributed by atoms with Gasteiger partial charge in [0.1, 0.15) is 0 Å². The van der Waals surface area contributed by atoms with Gasteiger partial charge in [-0.1, -0.05) is 31.2 Å². The molecule has 2 heteroatoms. The van der Waals surface area contributed by atoms with Crippen molar-refractivity contribution >= 4 is 5.97 Å². The zero-order chi connectivity index (χ0) is 12.1. The maximum absolute atomic E-state index is 10.5. The summed E-state index contributed by atoms with van der Waals surface area (Å²) in [4.78, 5) is 10.5. The van der Waals surface area contributed by atoms with Crippen LogP contribution in [-0.2, 0) is 9.53 Å². The Morgan fingerprint density at radius 2 is 1.62 bits per heavy atom. The van der Waals surface area contributed by atoms with Gasteiger partial charge in [-0.05, 0) is 38.5 Å². The molecule has 0 saturated carbocycles. The number of hydrogen-bond donors (Lipinski definition) is 0. The highest BCUT2D eigenvalue weighted by molar-refractivity contribution is 5.65. The smallest absolute Gasteiger partial charge is 0.302 e. The van der Waals surface area contributed by atoms with Crippen molar-refractivity contribution < 1.29 is 9.53 Å². The Morgan fingerprint density at radius 1 is 1.00 bits per heavy atom. The van der Waals surface area contributed by atoms with Gasteiger partial charge in [0.2, 0.25) is 0 Å². The number of ether oxygens (including phenoxy) is 1. The molecule has 0 aromatic heterocycles. The second kappa shape index (κ2) is 12.0. The van der Waals surface area contributed by atoms with Gasteiger partial charge in [0.15, 0.2) is 0 Å². The largest absolute Gasteiger partial charge is 0.466 e. The van der Waals surface area contributed by atoms with Crippen LogP contribution in [-0.4, -0.2) is 12.6 Å². The van der Waals surface area contributed by atoms with Crippen molar-refractivity contribution in [1.29, 1.82) is 0 Å². The lowest BCUT2D eigenvalue weighted by molar-refractivity contribution is -0.141. The van der Waals surface area contributed by atoms with Crippen LogP contribution in [0, 0.1) is 0 Å². The van der Waals surface area contributed by atoms with Gasteiger partial charge >= 0.3 is 5.97 Å². The lowest BCUT2D eigenvalue weighted by Crippen LogP contribution is -1.99. The minimum absolute atomic E-state index is 0.182. The zero-order valence-electron chi connectivity index (χ0n) is 10.6. The molecule has 0 aromatic carbocycles. The minimum atomic E-state index is -0.182. The standard InChI is InChI=1S/C14H24O2/c1-3-4-5-6-7-8-9-10-11-12-13-16-14(2)15/h4-5,8-9H,3,6-7,10-13H2,1-2H3. The Kier molecular flexibility index (Phi) is 11.2. The molecule has 0 radical (unpaired) electrons. The van der Waals surface area contributed by atoms with Crippen LogP contribution in [0.2, 0.25) is 0 Å². The minimum Gasteiger partial charge on any atom is -0.466 e. The van der Waals surface area contributed by atoms with Crippen molar-refractivity contribution in [3.63, 3.8) is 0 Å². The molecule has 0 rings (SSSR count). The third-order valence-corrected chi connectivity index (χ3v) is 2.14. The Labute approximate surface area is 99.4 Å². The highest BCUT2D eigenvalue weighted by Crippen LogP contribution is 2.00. The van der Waals surface area contributed by atoms with Crippen LogP contribution in [0.25, 0.3) is 0 Å². The van der Waals surface area contributed by atoms with Crippen molar-refractivity contribution in [1.82, 2.24) is 0 Å². The van der Waals surface area contributed by atoms with E-state index in [0.29, 0.717) is 6.61 Å². The summed E-state index contributed by atoms with van der Waals surface area (Å²) in [6.45, 7) is 4.15. The first kappa shape index (κ1) is 14.9. The molecule has 0 saturated heterocycles. The van der Waals surface area contributed by atoms with Gasteiger partial charge in [-0.15, -0.1) is 0 Å². The second-order valence-electron chi connectivity index (χ2n) is 3.76. The molecule has 0 aliphatic carbocycles. The van der Waals surface area contributed by atoms with Crippen LogP contribution in [0.1, 0.15) is 52.4 Å². The van der Waals surface area contributed by atoms with Gasteiger partial charge in [0.25, 0.3) is 0 Å². The molecule has 0 spiro atoms. The van der Waals surface area contributed by atoms with E-state index in [1.807, 2.05) is 0 Å². The molecule has 2 nitrogen and oxygen atoms in total. The molecule has 0 atom stereocenters. The first-order chi connectivity index (χ1) is 7.77. The van der Waals surface area contributed by atoms with E-state index < -0.39 is 0 Å². The predicted molar refractivity (Wildman–Crippen MR) is 68.3 cm³/mol. The number of carbonyl (C=O) groups excluding carboxylic acids is 1. The molecule has 0 aliphatic heterocycles.